The van der Waals surface area contributed by atoms with E-state index >= 15 is 0 Å². The van der Waals surface area contributed by atoms with Crippen molar-refractivity contribution in [1.82, 2.24) is 30.8 Å². The number of benzene rings is 2. The lowest BCUT2D eigenvalue weighted by atomic mass is 10.00. The van der Waals surface area contributed by atoms with Crippen molar-refractivity contribution in [3.63, 3.8) is 0 Å². The van der Waals surface area contributed by atoms with Crippen LogP contribution in [0.2, 0.25) is 0 Å². The van der Waals surface area contributed by atoms with Crippen LogP contribution in [0.4, 0.5) is 0 Å². The number of aromatic nitrogens is 2. The van der Waals surface area contributed by atoms with Crippen LogP contribution in [0.15, 0.2) is 60.9 Å². The summed E-state index contributed by atoms with van der Waals surface area (Å²) in [5, 5.41) is 20.5. The smallest absolute Gasteiger partial charge is 0.326 e. The summed E-state index contributed by atoms with van der Waals surface area (Å²) in [7, 11) is 0. The Labute approximate surface area is 288 Å². The fourth-order valence-electron chi connectivity index (χ4n) is 6.17. The number of nitrogens with one attached hydrogen (secondary N) is 5. The highest BCUT2D eigenvalue weighted by Crippen LogP contribution is 2.21. The summed E-state index contributed by atoms with van der Waals surface area (Å²) in [6, 6.07) is 12.0. The van der Waals surface area contributed by atoms with Gasteiger partial charge < -0.3 is 31.0 Å². The van der Waals surface area contributed by atoms with Crippen molar-refractivity contribution < 1.29 is 24.3 Å². The number of H-pyrrole nitrogens is 2. The Bertz CT molecular complexity index is 1690. The van der Waals surface area contributed by atoms with Crippen molar-refractivity contribution >= 4 is 45.5 Å². The Morgan fingerprint density at radius 1 is 0.714 bits per heavy atom. The number of unbranched alkanes of at least 4 members (excludes halogenated alkanes) is 2. The number of para-hydroxylation sites is 2. The molecule has 11 nitrogen and oxygen atoms in total. The van der Waals surface area contributed by atoms with Crippen LogP contribution in [0.1, 0.15) is 70.9 Å². The topological polar surface area (TPSA) is 159 Å². The number of carbonyl (C=O) groups excluding carboxylic acids is 3. The SMILES string of the molecule is CCCCN(CCCC)CC(=O)NC(CC(C)C)C(=O)N[C@H](Cc1c[nH]c2ccccc12)C(=O)N[C@@H](Cc1c[nH]c2ccccc12)C(=O)O. The third kappa shape index (κ3) is 10.7. The first-order valence-electron chi connectivity index (χ1n) is 17.5. The predicted molar refractivity (Wildman–Crippen MR) is 193 cm³/mol. The van der Waals surface area contributed by atoms with Crippen LogP contribution < -0.4 is 16.0 Å². The molecule has 3 atom stereocenters. The Hall–Kier alpha value is -4.64. The second kappa shape index (κ2) is 18.2. The molecule has 2 heterocycles. The first kappa shape index (κ1) is 37.2. The van der Waals surface area contributed by atoms with Gasteiger partial charge in [-0.15, -0.1) is 0 Å². The summed E-state index contributed by atoms with van der Waals surface area (Å²) in [4.78, 5) is 62.1. The Balaban J connectivity index is 1.55. The van der Waals surface area contributed by atoms with Crippen molar-refractivity contribution in [3.05, 3.63) is 72.1 Å². The van der Waals surface area contributed by atoms with E-state index in [9.17, 15) is 24.3 Å². The largest absolute Gasteiger partial charge is 0.480 e. The summed E-state index contributed by atoms with van der Waals surface area (Å²) in [5.41, 5.74) is 3.31. The van der Waals surface area contributed by atoms with E-state index in [0.717, 1.165) is 71.7 Å². The highest BCUT2D eigenvalue weighted by Gasteiger charge is 2.31. The first-order valence-corrected chi connectivity index (χ1v) is 17.5. The van der Waals surface area contributed by atoms with Crippen LogP contribution in [0.3, 0.4) is 0 Å². The maximum Gasteiger partial charge on any atom is 0.326 e. The van der Waals surface area contributed by atoms with E-state index in [1.54, 1.807) is 12.4 Å². The predicted octanol–water partition coefficient (Wildman–Crippen LogP) is 4.92. The van der Waals surface area contributed by atoms with Crippen LogP contribution in [0, 0.1) is 5.92 Å². The van der Waals surface area contributed by atoms with E-state index in [1.807, 2.05) is 62.4 Å². The van der Waals surface area contributed by atoms with Crippen LogP contribution >= 0.6 is 0 Å². The molecule has 0 saturated heterocycles. The van der Waals surface area contributed by atoms with E-state index in [2.05, 4.69) is 44.7 Å². The average Bonchev–Trinajstić information content (AvgIpc) is 3.68. The van der Waals surface area contributed by atoms with Gasteiger partial charge in [-0.05, 0) is 61.5 Å². The highest BCUT2D eigenvalue weighted by atomic mass is 16.4. The molecule has 4 aromatic rings. The molecule has 0 aliphatic heterocycles. The summed E-state index contributed by atoms with van der Waals surface area (Å²) in [5.74, 6) is -2.45. The number of fused-ring (bicyclic) bond motifs is 2. The van der Waals surface area contributed by atoms with Crippen LogP contribution in [0.5, 0.6) is 0 Å². The summed E-state index contributed by atoms with van der Waals surface area (Å²) in [6.45, 7) is 9.98. The standard InChI is InChI=1S/C38H52N6O5/c1-5-7-17-44(18-8-6-2)24-35(45)41-32(19-25(3)4)36(46)42-33(20-26-22-39-30-15-11-9-13-28(26)30)37(47)43-34(38(48)49)21-27-23-40-31-16-12-10-14-29(27)31/h9-16,22-23,25,32-34,39-40H,5-8,17-21,24H2,1-4H3,(H,41,45)(H,42,46)(H,43,47)(H,48,49)/t32?,33-,34+/m1/s1. The van der Waals surface area contributed by atoms with E-state index in [0.29, 0.717) is 6.42 Å². The van der Waals surface area contributed by atoms with Crippen LogP contribution in [0.25, 0.3) is 21.8 Å². The first-order chi connectivity index (χ1) is 23.6. The average molecular weight is 673 g/mol. The zero-order valence-electron chi connectivity index (χ0n) is 29.2. The minimum atomic E-state index is -1.24. The molecule has 2 aromatic heterocycles. The van der Waals surface area contributed by atoms with Crippen molar-refractivity contribution in [2.45, 2.75) is 90.8 Å². The molecule has 0 aliphatic rings. The Morgan fingerprint density at radius 2 is 1.20 bits per heavy atom. The van der Waals surface area contributed by atoms with Crippen LogP contribution in [-0.2, 0) is 32.0 Å². The van der Waals surface area contributed by atoms with Gasteiger partial charge in [0.25, 0.3) is 0 Å². The van der Waals surface area contributed by atoms with Crippen molar-refractivity contribution in [2.75, 3.05) is 19.6 Å². The third-order valence-electron chi connectivity index (χ3n) is 8.83. The summed E-state index contributed by atoms with van der Waals surface area (Å²) < 4.78 is 0. The van der Waals surface area contributed by atoms with Gasteiger partial charge in [-0.3, -0.25) is 19.3 Å². The van der Waals surface area contributed by atoms with Gasteiger partial charge in [0, 0.05) is 47.0 Å². The van der Waals surface area contributed by atoms with Gasteiger partial charge in [-0.2, -0.15) is 0 Å². The molecule has 0 fully saturated rings. The maximum atomic E-state index is 14.0. The second-order valence-corrected chi connectivity index (χ2v) is 13.3. The molecule has 11 heteroatoms. The third-order valence-corrected chi connectivity index (χ3v) is 8.83. The van der Waals surface area contributed by atoms with E-state index < -0.39 is 35.9 Å². The molecular weight excluding hydrogens is 620 g/mol. The molecule has 4 rings (SSSR count). The summed E-state index contributed by atoms with van der Waals surface area (Å²) in [6.07, 6.45) is 8.10. The van der Waals surface area contributed by atoms with E-state index in [1.165, 1.54) is 0 Å². The fourth-order valence-corrected chi connectivity index (χ4v) is 6.17. The number of amides is 3. The van der Waals surface area contributed by atoms with Gasteiger partial charge in [0.15, 0.2) is 0 Å². The number of aliphatic carboxylic acids is 1. The lowest BCUT2D eigenvalue weighted by Crippen LogP contribution is -2.57. The quantitative estimate of drug-likeness (QED) is 0.0782. The number of hydrogen-bond donors (Lipinski definition) is 6. The molecule has 1 unspecified atom stereocenters. The van der Waals surface area contributed by atoms with Crippen molar-refractivity contribution in [2.24, 2.45) is 5.92 Å². The number of carbonyl (C=O) groups is 4. The molecule has 0 bridgehead atoms. The van der Waals surface area contributed by atoms with Crippen LogP contribution in [-0.4, -0.2) is 81.4 Å². The molecule has 0 radical (unpaired) electrons. The number of rotatable bonds is 20. The Kier molecular flexibility index (Phi) is 13.8. The van der Waals surface area contributed by atoms with Crippen molar-refractivity contribution in [1.29, 1.82) is 0 Å². The fraction of sp³-hybridized carbons (Fsp3) is 0.474. The highest BCUT2D eigenvalue weighted by molar-refractivity contribution is 5.95. The van der Waals surface area contributed by atoms with Crippen molar-refractivity contribution in [3.8, 4) is 0 Å². The molecule has 264 valence electrons. The van der Waals surface area contributed by atoms with E-state index in [4.69, 9.17) is 0 Å². The molecular formula is C38H52N6O5. The molecule has 2 aromatic carbocycles. The van der Waals surface area contributed by atoms with Gasteiger partial charge in [0.2, 0.25) is 17.7 Å². The molecule has 49 heavy (non-hydrogen) atoms. The van der Waals surface area contributed by atoms with Gasteiger partial charge in [-0.25, -0.2) is 4.79 Å². The van der Waals surface area contributed by atoms with Gasteiger partial charge >= 0.3 is 5.97 Å². The van der Waals surface area contributed by atoms with Gasteiger partial charge in [0.1, 0.15) is 18.1 Å². The van der Waals surface area contributed by atoms with Gasteiger partial charge in [-0.1, -0.05) is 76.9 Å². The van der Waals surface area contributed by atoms with Gasteiger partial charge in [0.05, 0.1) is 6.54 Å². The zero-order chi connectivity index (χ0) is 35.3. The maximum absolute atomic E-state index is 14.0. The molecule has 0 aliphatic carbocycles. The summed E-state index contributed by atoms with van der Waals surface area (Å²) >= 11 is 0. The lowest BCUT2D eigenvalue weighted by Gasteiger charge is -2.27. The number of carboxylic acid groups (broad SMARTS) is 1. The zero-order valence-corrected chi connectivity index (χ0v) is 29.2. The number of nitrogens with zero attached hydrogens (tertiary/aromatic N) is 1. The monoisotopic (exact) mass is 672 g/mol. The normalized spacial score (nSPS) is 13.4. The number of aromatic amines is 2. The van der Waals surface area contributed by atoms with E-state index in [-0.39, 0.29) is 31.2 Å². The minimum Gasteiger partial charge on any atom is -0.480 e. The molecule has 0 saturated carbocycles. The molecule has 6 N–H and O–H groups in total. The molecule has 0 spiro atoms. The number of hydrogen-bond acceptors (Lipinski definition) is 5. The lowest BCUT2D eigenvalue weighted by molar-refractivity contribution is -0.142. The molecule has 3 amide bonds. The minimum absolute atomic E-state index is 0.0530. The Morgan fingerprint density at radius 3 is 1.71 bits per heavy atom. The number of carboxylic acids is 1. The second-order valence-electron chi connectivity index (χ2n) is 13.3.